The van der Waals surface area contributed by atoms with E-state index in [9.17, 15) is 4.79 Å². The summed E-state index contributed by atoms with van der Waals surface area (Å²) in [6.45, 7) is 0. The number of hydrogen-bond donors (Lipinski definition) is 1. The van der Waals surface area contributed by atoms with Gasteiger partial charge in [0.25, 0.3) is 0 Å². The van der Waals surface area contributed by atoms with E-state index < -0.39 is 14.7 Å². The van der Waals surface area contributed by atoms with Gasteiger partial charge < -0.3 is 0 Å². The van der Waals surface area contributed by atoms with Gasteiger partial charge in [-0.25, -0.2) is 0 Å². The monoisotopic (exact) mass is 471 g/mol. The van der Waals surface area contributed by atoms with Crippen LogP contribution in [0.5, 0.6) is 0 Å². The van der Waals surface area contributed by atoms with Crippen LogP contribution in [0.15, 0.2) is 30.3 Å². The van der Waals surface area contributed by atoms with Gasteiger partial charge >= 0.3 is 187 Å². The van der Waals surface area contributed by atoms with E-state index in [1.54, 1.807) is 5.56 Å². The molecule has 30 heavy (non-hydrogen) atoms. The standard InChI is InChI=1S/C26H38AsNO2/c1-27(2)24(21-6-4-3-5-7-21)22-8-10-23(11-9-22)28-25(29)30-26-15-18-12-19(16-26)14-20(13-18)17-26/h3-7,18-20,22-24H,8-17H2,1-2H3,(H,28,29). The van der Waals surface area contributed by atoms with Gasteiger partial charge in [-0.05, 0) is 0 Å². The maximum atomic E-state index is 12.8. The van der Waals surface area contributed by atoms with Gasteiger partial charge in [0.15, 0.2) is 0 Å². The number of nitrogens with one attached hydrogen (secondary N) is 1. The number of carbonyl (C=O) groups is 1. The molecular formula is C26H38AsNO2. The third-order valence-electron chi connectivity index (χ3n) is 8.53. The molecule has 1 unspecified atom stereocenters. The number of amides is 1. The van der Waals surface area contributed by atoms with Crippen LogP contribution in [-0.4, -0.2) is 32.4 Å². The van der Waals surface area contributed by atoms with Gasteiger partial charge in [-0.1, -0.05) is 0 Å². The molecule has 5 aliphatic rings. The van der Waals surface area contributed by atoms with Crippen LogP contribution in [0.25, 0.3) is 0 Å². The summed E-state index contributed by atoms with van der Waals surface area (Å²) >= 11 is -0.859. The van der Waals surface area contributed by atoms with E-state index in [1.165, 1.54) is 32.1 Å². The molecule has 0 aliphatic heterocycles. The van der Waals surface area contributed by atoms with E-state index in [0.29, 0.717) is 6.04 Å². The summed E-state index contributed by atoms with van der Waals surface area (Å²) in [6, 6.07) is 11.5. The van der Waals surface area contributed by atoms with Crippen LogP contribution in [-0.2, 0) is 4.74 Å². The molecule has 0 aromatic heterocycles. The fourth-order valence-electron chi connectivity index (χ4n) is 7.77. The fourth-order valence-corrected chi connectivity index (χ4v) is 11.8. The summed E-state index contributed by atoms with van der Waals surface area (Å²) in [5, 5.41) is 3.27. The van der Waals surface area contributed by atoms with Gasteiger partial charge in [-0.2, -0.15) is 0 Å². The van der Waals surface area contributed by atoms with Crippen LogP contribution in [0.2, 0.25) is 11.4 Å². The van der Waals surface area contributed by atoms with Gasteiger partial charge in [-0.15, -0.1) is 0 Å². The van der Waals surface area contributed by atoms with Crippen molar-refractivity contribution in [2.24, 2.45) is 23.7 Å². The number of carbonyl (C=O) groups excluding carboxylic acids is 1. The minimum atomic E-state index is -0.859. The first-order chi connectivity index (χ1) is 14.5. The number of alkyl carbamates (subject to hydrolysis) is 1. The van der Waals surface area contributed by atoms with Crippen molar-refractivity contribution in [3.8, 4) is 0 Å². The number of hydrogen-bond acceptors (Lipinski definition) is 2. The topological polar surface area (TPSA) is 38.3 Å². The Labute approximate surface area is 187 Å². The van der Waals surface area contributed by atoms with Crippen LogP contribution < -0.4 is 5.32 Å². The second kappa shape index (κ2) is 8.53. The Morgan fingerprint density at radius 3 is 2.07 bits per heavy atom. The molecule has 1 amide bonds. The van der Waals surface area contributed by atoms with Crippen LogP contribution in [0.4, 0.5) is 4.79 Å². The molecule has 4 heteroatoms. The normalized spacial score (nSPS) is 38.4. The van der Waals surface area contributed by atoms with Crippen molar-refractivity contribution < 1.29 is 9.53 Å². The third-order valence-corrected chi connectivity index (χ3v) is 12.4. The molecule has 1 atom stereocenters. The molecule has 5 aliphatic carbocycles. The number of rotatable bonds is 5. The van der Waals surface area contributed by atoms with Gasteiger partial charge in [-0.3, -0.25) is 0 Å². The van der Waals surface area contributed by atoms with Crippen molar-refractivity contribution >= 4 is 20.7 Å². The van der Waals surface area contributed by atoms with Crippen LogP contribution in [0.1, 0.15) is 74.5 Å². The van der Waals surface area contributed by atoms with Crippen molar-refractivity contribution in [2.45, 2.75) is 92.0 Å². The van der Waals surface area contributed by atoms with Crippen molar-refractivity contribution in [1.82, 2.24) is 5.32 Å². The number of ether oxygens (including phenoxy) is 1. The second-order valence-corrected chi connectivity index (χ2v) is 16.3. The van der Waals surface area contributed by atoms with Crippen molar-refractivity contribution in [1.29, 1.82) is 0 Å². The molecule has 4 bridgehead atoms. The average Bonchev–Trinajstić information content (AvgIpc) is 2.68. The molecule has 164 valence electrons. The van der Waals surface area contributed by atoms with Gasteiger partial charge in [0, 0.05) is 0 Å². The van der Waals surface area contributed by atoms with Gasteiger partial charge in [0.1, 0.15) is 0 Å². The minimum absolute atomic E-state index is 0.126. The number of benzene rings is 1. The van der Waals surface area contributed by atoms with Crippen molar-refractivity contribution in [3.63, 3.8) is 0 Å². The van der Waals surface area contributed by atoms with Crippen LogP contribution >= 0.6 is 0 Å². The molecule has 0 saturated heterocycles. The van der Waals surface area contributed by atoms with Crippen LogP contribution in [0, 0.1) is 23.7 Å². The van der Waals surface area contributed by atoms with E-state index in [0.717, 1.165) is 60.5 Å². The predicted octanol–water partition coefficient (Wildman–Crippen LogP) is 6.32. The Kier molecular flexibility index (Phi) is 5.95. The fraction of sp³-hybridized carbons (Fsp3) is 0.731. The summed E-state index contributed by atoms with van der Waals surface area (Å²) in [6.07, 6.45) is 12.1. The zero-order valence-corrected chi connectivity index (χ0v) is 20.6. The molecule has 5 fully saturated rings. The van der Waals surface area contributed by atoms with Crippen molar-refractivity contribution in [2.75, 3.05) is 0 Å². The summed E-state index contributed by atoms with van der Waals surface area (Å²) in [4.78, 5) is 12.8. The van der Waals surface area contributed by atoms with E-state index in [-0.39, 0.29) is 11.7 Å². The molecular weight excluding hydrogens is 433 g/mol. The molecule has 1 aromatic rings. The first-order valence-electron chi connectivity index (χ1n) is 12.2. The molecule has 0 spiro atoms. The first kappa shape index (κ1) is 20.9. The second-order valence-electron chi connectivity index (χ2n) is 11.1. The molecule has 3 nitrogen and oxygen atoms in total. The first-order valence-corrected chi connectivity index (χ1v) is 17.0. The Balaban J connectivity index is 1.14. The maximum absolute atomic E-state index is 12.8. The average molecular weight is 472 g/mol. The van der Waals surface area contributed by atoms with Crippen molar-refractivity contribution in [3.05, 3.63) is 35.9 Å². The molecule has 0 radical (unpaired) electrons. The van der Waals surface area contributed by atoms with Gasteiger partial charge in [0.05, 0.1) is 0 Å². The Morgan fingerprint density at radius 1 is 0.967 bits per heavy atom. The molecule has 0 heterocycles. The molecule has 6 rings (SSSR count). The van der Waals surface area contributed by atoms with E-state index >= 15 is 0 Å². The summed E-state index contributed by atoms with van der Waals surface area (Å²) in [7, 11) is 0. The summed E-state index contributed by atoms with van der Waals surface area (Å²) in [5.41, 5.74) is 6.41. The Bertz CT molecular complexity index is 705. The molecule has 1 aromatic carbocycles. The quantitative estimate of drug-likeness (QED) is 0.511. The Morgan fingerprint density at radius 2 is 1.53 bits per heavy atom. The summed E-state index contributed by atoms with van der Waals surface area (Å²) in [5.74, 6) is 3.22. The molecule has 5 saturated carbocycles. The Hall–Kier alpha value is -0.952. The van der Waals surface area contributed by atoms with E-state index in [1.807, 2.05) is 0 Å². The third kappa shape index (κ3) is 4.34. The zero-order chi connectivity index (χ0) is 20.7. The summed E-state index contributed by atoms with van der Waals surface area (Å²) < 4.78 is 6.95. The molecule has 1 N–H and O–H groups in total. The zero-order valence-electron chi connectivity index (χ0n) is 18.7. The van der Waals surface area contributed by atoms with E-state index in [4.69, 9.17) is 4.74 Å². The van der Waals surface area contributed by atoms with Crippen LogP contribution in [0.3, 0.4) is 0 Å². The predicted molar refractivity (Wildman–Crippen MR) is 123 cm³/mol. The SMILES string of the molecule is C[As](C)C(c1ccccc1)C1CCC(NC(=O)OC23CC4CC(CC(C4)C2)C3)CC1. The van der Waals surface area contributed by atoms with E-state index in [2.05, 4.69) is 47.1 Å². The van der Waals surface area contributed by atoms with Gasteiger partial charge in [0.2, 0.25) is 0 Å².